The van der Waals surface area contributed by atoms with E-state index in [-0.39, 0.29) is 82.0 Å². The summed E-state index contributed by atoms with van der Waals surface area (Å²) < 4.78 is 17.0. The Morgan fingerprint density at radius 3 is 0.569 bits per heavy atom. The summed E-state index contributed by atoms with van der Waals surface area (Å²) in [7, 11) is -7.26. The van der Waals surface area contributed by atoms with Gasteiger partial charge in [-0.1, -0.05) is 194 Å². The minimum absolute atomic E-state index is 0. The average molecular weight is 792 g/mol. The van der Waals surface area contributed by atoms with Gasteiger partial charge in [-0.25, -0.2) is 0 Å². The minimum Gasteiger partial charge on any atom is -0.672 e. The van der Waals surface area contributed by atoms with Crippen LogP contribution in [0.5, 0.6) is 0 Å². The van der Waals surface area contributed by atoms with Crippen molar-refractivity contribution in [3.05, 3.63) is 0 Å². The molecule has 0 aliphatic carbocycles. The zero-order valence-corrected chi connectivity index (χ0v) is 39.1. The van der Waals surface area contributed by atoms with Gasteiger partial charge in [0.05, 0.1) is 0 Å². The van der Waals surface area contributed by atoms with Gasteiger partial charge in [0.1, 0.15) is 0 Å². The Morgan fingerprint density at radius 2 is 0.451 bits per heavy atom. The Morgan fingerprint density at radius 1 is 0.333 bits per heavy atom. The van der Waals surface area contributed by atoms with Crippen LogP contribution in [0.15, 0.2) is 0 Å². The van der Waals surface area contributed by atoms with Crippen LogP contribution in [0.25, 0.3) is 0 Å². The van der Waals surface area contributed by atoms with Crippen molar-refractivity contribution in [3.8, 4) is 0 Å². The molecule has 288 valence electrons. The molecule has 0 saturated heterocycles. The number of hydrogen-bond donors (Lipinski definition) is 0. The molecule has 0 unspecified atom stereocenters. The summed E-state index contributed by atoms with van der Waals surface area (Å²) in [5.74, 6) is -1.81. The molecule has 0 radical (unpaired) electrons. The molecule has 10 nitrogen and oxygen atoms in total. The van der Waals surface area contributed by atoms with Gasteiger partial charge in [0, 0.05) is 30.3 Å². The zero-order valence-electron chi connectivity index (χ0n) is 32.8. The molecule has 0 saturated carbocycles. The fraction of sp³-hybridized carbons (Fsp3) is 0.944. The van der Waals surface area contributed by atoms with E-state index in [1.807, 2.05) is 0 Å². The van der Waals surface area contributed by atoms with Crippen LogP contribution < -0.4 is 29.4 Å². The van der Waals surface area contributed by atoms with Gasteiger partial charge in [-0.2, -0.15) is 0 Å². The fourth-order valence-corrected chi connectivity index (χ4v) is 5.28. The molecule has 51 heavy (non-hydrogen) atoms. The summed E-state index contributed by atoms with van der Waals surface area (Å²) in [6, 6.07) is 0. The molecule has 15 heteroatoms. The summed E-state index contributed by atoms with van der Waals surface area (Å²) in [4.78, 5) is 54.5. The predicted molar refractivity (Wildman–Crippen MR) is 199 cm³/mol. The van der Waals surface area contributed by atoms with Gasteiger partial charge in [-0.15, -0.1) is 0 Å². The van der Waals surface area contributed by atoms with Gasteiger partial charge in [0.15, 0.2) is 0 Å². The number of hydrogen-bond acceptors (Lipinski definition) is 10. The minimum atomic E-state index is -3.63. The molecule has 0 aromatic heterocycles. The molecule has 0 atom stereocenters. The second-order valence-electron chi connectivity index (χ2n) is 12.6. The molecule has 0 aliphatic heterocycles. The molecule has 0 heterocycles. The Kier molecular flexibility index (Phi) is 81.2. The van der Waals surface area contributed by atoms with E-state index < -0.39 is 30.3 Å². The van der Waals surface area contributed by atoms with E-state index in [4.69, 9.17) is 28.1 Å². The van der Waals surface area contributed by atoms with Crippen LogP contribution in [0.3, 0.4) is 0 Å². The zero-order chi connectivity index (χ0) is 36.9. The first-order valence-electron chi connectivity index (χ1n) is 19.2. The largest absolute Gasteiger partial charge is 2.00 e. The first-order valence-corrected chi connectivity index (χ1v) is 21.6. The topological polar surface area (TPSA) is 207 Å². The van der Waals surface area contributed by atoms with E-state index in [1.54, 1.807) is 0 Å². The van der Waals surface area contributed by atoms with E-state index in [1.165, 1.54) is 167 Å². The molecule has 0 fully saturated rings. The van der Waals surface area contributed by atoms with Gasteiger partial charge in [-0.3, -0.25) is 0 Å². The van der Waals surface area contributed by atoms with Crippen LogP contribution >= 0.6 is 0 Å². The Bertz CT molecular complexity index is 634. The Balaban J connectivity index is -0.000000119. The summed E-state index contributed by atoms with van der Waals surface area (Å²) in [6.07, 6.45) is 39.7. The third-order valence-electron chi connectivity index (χ3n) is 7.97. The van der Waals surface area contributed by atoms with E-state index >= 15 is 0 Å². The Hall–Kier alpha value is 0.472. The number of carboxylic acids is 2. The number of carboxylic acid groups (broad SMARTS) is 2. The molecule has 0 N–H and O–H groups in total. The van der Waals surface area contributed by atoms with E-state index in [0.717, 1.165) is 25.7 Å². The maximum Gasteiger partial charge on any atom is 2.00 e. The van der Waals surface area contributed by atoms with Crippen molar-refractivity contribution in [2.75, 3.05) is 0 Å². The maximum absolute atomic E-state index is 10.2. The molecule has 0 aromatic rings. The van der Waals surface area contributed by atoms with Crippen LogP contribution in [-0.2, 0) is 18.5 Å². The van der Waals surface area contributed by atoms with Crippen LogP contribution in [-0.4, -0.2) is 99.4 Å². The number of carbonyl (C=O) groups excluding carboxylic acids is 2. The van der Waals surface area contributed by atoms with Crippen molar-refractivity contribution in [1.29, 1.82) is 0 Å². The Labute approximate surface area is 363 Å². The number of carbonyl (C=O) groups is 2. The molecular formula is C36H70Mg3O10Si2. The van der Waals surface area contributed by atoms with E-state index in [2.05, 4.69) is 13.8 Å². The number of aliphatic carboxylic acids is 2. The third-order valence-corrected chi connectivity index (χ3v) is 7.97. The van der Waals surface area contributed by atoms with Crippen molar-refractivity contribution in [2.45, 2.75) is 219 Å². The smallest absolute Gasteiger partial charge is 0.672 e. The fourth-order valence-electron chi connectivity index (χ4n) is 5.28. The van der Waals surface area contributed by atoms with Crippen LogP contribution in [0.1, 0.15) is 219 Å². The van der Waals surface area contributed by atoms with Gasteiger partial charge < -0.3 is 47.9 Å². The van der Waals surface area contributed by atoms with Crippen molar-refractivity contribution >= 4 is 99.4 Å². The summed E-state index contributed by atoms with van der Waals surface area (Å²) in [5.41, 5.74) is 0. The first kappa shape index (κ1) is 66.3. The third kappa shape index (κ3) is 99.8. The molecule has 0 rings (SSSR count). The first-order chi connectivity index (χ1) is 23.0. The second-order valence-corrected chi connectivity index (χ2v) is 13.6. The van der Waals surface area contributed by atoms with Gasteiger partial charge >= 0.3 is 69.2 Å². The number of unbranched alkanes of at least 4 members (excludes halogenated alkanes) is 28. The molecule has 0 bridgehead atoms. The van der Waals surface area contributed by atoms with Crippen molar-refractivity contribution < 1.29 is 47.9 Å². The monoisotopic (exact) mass is 790 g/mol. The SMILES string of the molecule is CCCCCCCCCCCCCCCCCC(=O)[O-].CCCCCCCCCCCCCCCCCC(=O)[O-].O=[Si]([O-])[O-].O=[Si]([O-])[O-].[Mg+2].[Mg+2].[Mg+2]. The molecule has 0 amide bonds. The van der Waals surface area contributed by atoms with Crippen molar-refractivity contribution in [1.82, 2.24) is 0 Å². The average Bonchev–Trinajstić information content (AvgIpc) is 3.00. The molecule has 0 spiro atoms. The van der Waals surface area contributed by atoms with Gasteiger partial charge in [0.2, 0.25) is 0 Å². The van der Waals surface area contributed by atoms with Crippen LogP contribution in [0.4, 0.5) is 0 Å². The second kappa shape index (κ2) is 62.5. The summed E-state index contributed by atoms with van der Waals surface area (Å²) >= 11 is 0. The molecule has 0 aromatic carbocycles. The summed E-state index contributed by atoms with van der Waals surface area (Å²) in [6.45, 7) is 4.53. The van der Waals surface area contributed by atoms with E-state index in [0.29, 0.717) is 0 Å². The molecule has 0 aliphatic rings. The number of rotatable bonds is 32. The van der Waals surface area contributed by atoms with Crippen molar-refractivity contribution in [3.63, 3.8) is 0 Å². The quantitative estimate of drug-likeness (QED) is 0.0719. The van der Waals surface area contributed by atoms with Crippen LogP contribution in [0, 0.1) is 0 Å². The van der Waals surface area contributed by atoms with Gasteiger partial charge in [0.25, 0.3) is 0 Å². The normalized spacial score (nSPS) is 9.45. The van der Waals surface area contributed by atoms with Gasteiger partial charge in [-0.05, 0) is 25.7 Å². The van der Waals surface area contributed by atoms with E-state index in [9.17, 15) is 19.8 Å². The predicted octanol–water partition coefficient (Wildman–Crippen LogP) is 3.10. The van der Waals surface area contributed by atoms with Crippen molar-refractivity contribution in [2.24, 2.45) is 0 Å². The van der Waals surface area contributed by atoms with Crippen LogP contribution in [0.2, 0.25) is 0 Å². The maximum atomic E-state index is 10.2. The standard InChI is InChI=1S/2C18H36O2.3Mg.2O3Si/c2*1-2-3-4-5-6-7-8-9-10-11-12-13-14-15-16-17-18(19)20;;;;2*1-4(2)3/h2*2-17H2,1H3,(H,19,20);;;;;/q;;3*+2;2*-2/p-2. The summed E-state index contributed by atoms with van der Waals surface area (Å²) in [5, 5.41) is 20.4. The molecular weight excluding hydrogens is 721 g/mol.